The minimum atomic E-state index is -4.12. The number of carbonyl (C=O) groups is 2. The summed E-state index contributed by atoms with van der Waals surface area (Å²) in [6.07, 6.45) is -0.164. The Morgan fingerprint density at radius 2 is 1.55 bits per heavy atom. The van der Waals surface area contributed by atoms with Crippen LogP contribution in [0.25, 0.3) is 6.08 Å². The second-order valence-corrected chi connectivity index (χ2v) is 7.26. The first kappa shape index (κ1) is 26.0. The summed E-state index contributed by atoms with van der Waals surface area (Å²) >= 11 is 0. The molecule has 0 fully saturated rings. The summed E-state index contributed by atoms with van der Waals surface area (Å²) in [5.41, 5.74) is 1.08. The molecule has 0 heterocycles. The normalized spacial score (nSPS) is 11.4. The van der Waals surface area contributed by atoms with Crippen molar-refractivity contribution >= 4 is 18.0 Å². The molecular weight excluding hydrogens is 437 g/mol. The van der Waals surface area contributed by atoms with Crippen LogP contribution in [0.2, 0.25) is 0 Å². The van der Waals surface area contributed by atoms with E-state index in [1.807, 2.05) is 6.92 Å². The number of carbonyl (C=O) groups excluding carboxylic acids is 2. The van der Waals surface area contributed by atoms with Crippen molar-refractivity contribution in [1.82, 2.24) is 0 Å². The van der Waals surface area contributed by atoms with Gasteiger partial charge in [0.05, 0.1) is 18.8 Å². The highest BCUT2D eigenvalue weighted by molar-refractivity contribution is 5.91. The van der Waals surface area contributed by atoms with Gasteiger partial charge in [0.2, 0.25) is 0 Å². The minimum Gasteiger partial charge on any atom is -0.494 e. The van der Waals surface area contributed by atoms with Crippen molar-refractivity contribution in [3.63, 3.8) is 0 Å². The Kier molecular flexibility index (Phi) is 10.5. The third-order valence-electron chi connectivity index (χ3n) is 4.41. The molecule has 5 nitrogen and oxygen atoms in total. The summed E-state index contributed by atoms with van der Waals surface area (Å²) in [6.45, 7) is 2.59. The number of benzene rings is 2. The van der Waals surface area contributed by atoms with Gasteiger partial charge >= 0.3 is 18.1 Å². The molecule has 0 unspecified atom stereocenters. The first-order chi connectivity index (χ1) is 15.8. The number of alkyl halides is 3. The van der Waals surface area contributed by atoms with Crippen molar-refractivity contribution in [3.05, 3.63) is 65.7 Å². The van der Waals surface area contributed by atoms with Gasteiger partial charge in [0.25, 0.3) is 0 Å². The summed E-state index contributed by atoms with van der Waals surface area (Å²) < 4.78 is 52.1. The average molecular weight is 464 g/mol. The van der Waals surface area contributed by atoms with Gasteiger partial charge in [-0.15, -0.1) is 0 Å². The van der Waals surface area contributed by atoms with E-state index in [0.717, 1.165) is 12.0 Å². The fraction of sp³-hybridized carbons (Fsp3) is 0.360. The van der Waals surface area contributed by atoms with E-state index in [1.165, 1.54) is 6.08 Å². The standard InChI is InChI=1S/C25H27F3O5/c1-2-17-32-23(29)15-8-19-6-11-22(12-7-19)33-24(30)20-9-13-21(14-10-20)31-18-5-3-4-16-25(26,27)28/h6-15H,2-5,16-18H2,1H3/b15-8+. The van der Waals surface area contributed by atoms with Crippen LogP contribution in [0, 0.1) is 0 Å². The van der Waals surface area contributed by atoms with E-state index in [-0.39, 0.29) is 6.42 Å². The molecule has 0 spiro atoms. The second-order valence-electron chi connectivity index (χ2n) is 7.26. The van der Waals surface area contributed by atoms with Gasteiger partial charge in [0, 0.05) is 12.5 Å². The molecule has 0 aliphatic carbocycles. The fourth-order valence-corrected chi connectivity index (χ4v) is 2.71. The number of esters is 2. The number of ether oxygens (including phenoxy) is 3. The lowest BCUT2D eigenvalue weighted by Crippen LogP contribution is -2.08. The van der Waals surface area contributed by atoms with E-state index < -0.39 is 24.5 Å². The molecule has 0 saturated heterocycles. The lowest BCUT2D eigenvalue weighted by molar-refractivity contribution is -0.138. The highest BCUT2D eigenvalue weighted by Gasteiger charge is 2.25. The molecule has 0 atom stereocenters. The van der Waals surface area contributed by atoms with E-state index in [4.69, 9.17) is 14.2 Å². The number of hydrogen-bond donors (Lipinski definition) is 0. The Balaban J connectivity index is 1.76. The average Bonchev–Trinajstić information content (AvgIpc) is 2.79. The predicted octanol–water partition coefficient (Wildman–Crippen LogP) is 6.37. The molecule has 2 aromatic rings. The molecule has 0 N–H and O–H groups in total. The first-order valence-electron chi connectivity index (χ1n) is 10.7. The van der Waals surface area contributed by atoms with Crippen LogP contribution in [0.4, 0.5) is 13.2 Å². The van der Waals surface area contributed by atoms with Crippen molar-refractivity contribution < 1.29 is 37.0 Å². The van der Waals surface area contributed by atoms with Gasteiger partial charge in [0.1, 0.15) is 11.5 Å². The van der Waals surface area contributed by atoms with Crippen LogP contribution in [-0.4, -0.2) is 31.3 Å². The van der Waals surface area contributed by atoms with Gasteiger partial charge in [-0.1, -0.05) is 19.1 Å². The van der Waals surface area contributed by atoms with Gasteiger partial charge in [-0.05, 0) is 73.7 Å². The molecule has 33 heavy (non-hydrogen) atoms. The molecule has 0 aliphatic heterocycles. The van der Waals surface area contributed by atoms with Crippen molar-refractivity contribution in [1.29, 1.82) is 0 Å². The largest absolute Gasteiger partial charge is 0.494 e. The molecule has 8 heteroatoms. The summed E-state index contributed by atoms with van der Waals surface area (Å²) in [7, 11) is 0. The predicted molar refractivity (Wildman–Crippen MR) is 118 cm³/mol. The second kappa shape index (κ2) is 13.3. The lowest BCUT2D eigenvalue weighted by atomic mass is 10.2. The van der Waals surface area contributed by atoms with Gasteiger partial charge in [-0.2, -0.15) is 13.2 Å². The summed E-state index contributed by atoms with van der Waals surface area (Å²) in [5, 5.41) is 0. The Hall–Kier alpha value is -3.29. The van der Waals surface area contributed by atoms with Crippen LogP contribution < -0.4 is 9.47 Å². The summed E-state index contributed by atoms with van der Waals surface area (Å²) in [6, 6.07) is 13.0. The van der Waals surface area contributed by atoms with E-state index >= 15 is 0 Å². The zero-order valence-corrected chi connectivity index (χ0v) is 18.4. The van der Waals surface area contributed by atoms with E-state index in [2.05, 4.69) is 0 Å². The van der Waals surface area contributed by atoms with Crippen molar-refractivity contribution in [2.75, 3.05) is 13.2 Å². The zero-order valence-electron chi connectivity index (χ0n) is 18.4. The number of unbranched alkanes of at least 4 members (excludes halogenated alkanes) is 2. The van der Waals surface area contributed by atoms with Crippen LogP contribution in [0.5, 0.6) is 11.5 Å². The van der Waals surface area contributed by atoms with Crippen LogP contribution in [0.3, 0.4) is 0 Å². The van der Waals surface area contributed by atoms with Crippen molar-refractivity contribution in [3.8, 4) is 11.5 Å². The van der Waals surface area contributed by atoms with Gasteiger partial charge in [-0.3, -0.25) is 0 Å². The maximum atomic E-state index is 12.3. The smallest absolute Gasteiger partial charge is 0.389 e. The Morgan fingerprint density at radius 3 is 2.18 bits per heavy atom. The monoisotopic (exact) mass is 464 g/mol. The number of rotatable bonds is 12. The molecule has 0 radical (unpaired) electrons. The third kappa shape index (κ3) is 10.7. The fourth-order valence-electron chi connectivity index (χ4n) is 2.71. The van der Waals surface area contributed by atoms with Crippen molar-refractivity contribution in [2.24, 2.45) is 0 Å². The summed E-state index contributed by atoms with van der Waals surface area (Å²) in [5.74, 6) is -0.0813. The third-order valence-corrected chi connectivity index (χ3v) is 4.41. The topological polar surface area (TPSA) is 61.8 Å². The Labute approximate surface area is 191 Å². The first-order valence-corrected chi connectivity index (χ1v) is 10.7. The maximum absolute atomic E-state index is 12.3. The molecule has 0 aliphatic rings. The highest BCUT2D eigenvalue weighted by Crippen LogP contribution is 2.23. The molecule has 0 aromatic heterocycles. The van der Waals surface area contributed by atoms with Crippen LogP contribution in [0.1, 0.15) is 54.9 Å². The molecule has 0 amide bonds. The van der Waals surface area contributed by atoms with E-state index in [0.29, 0.717) is 43.1 Å². The van der Waals surface area contributed by atoms with Crippen molar-refractivity contribution in [2.45, 2.75) is 45.2 Å². The van der Waals surface area contributed by atoms with Gasteiger partial charge in [-0.25, -0.2) is 9.59 Å². The molecule has 0 bridgehead atoms. The van der Waals surface area contributed by atoms with Gasteiger partial charge in [0.15, 0.2) is 0 Å². The molecule has 2 aromatic carbocycles. The Bertz CT molecular complexity index is 903. The molecule has 178 valence electrons. The van der Waals surface area contributed by atoms with E-state index in [9.17, 15) is 22.8 Å². The molecule has 2 rings (SSSR count). The minimum absolute atomic E-state index is 0.0837. The van der Waals surface area contributed by atoms with Crippen LogP contribution in [-0.2, 0) is 9.53 Å². The van der Waals surface area contributed by atoms with E-state index in [1.54, 1.807) is 54.6 Å². The van der Waals surface area contributed by atoms with Crippen LogP contribution >= 0.6 is 0 Å². The van der Waals surface area contributed by atoms with Crippen LogP contribution in [0.15, 0.2) is 54.6 Å². The number of halogens is 3. The quantitative estimate of drug-likeness (QED) is 0.158. The van der Waals surface area contributed by atoms with Gasteiger partial charge < -0.3 is 14.2 Å². The SMILES string of the molecule is CCCOC(=O)/C=C/c1ccc(OC(=O)c2ccc(OCCCCCC(F)(F)F)cc2)cc1. The zero-order chi connectivity index (χ0) is 24.1. The highest BCUT2D eigenvalue weighted by atomic mass is 19.4. The lowest BCUT2D eigenvalue weighted by Gasteiger charge is -2.08. The molecular formula is C25H27F3O5. The number of hydrogen-bond acceptors (Lipinski definition) is 5. The maximum Gasteiger partial charge on any atom is 0.389 e. The molecule has 0 saturated carbocycles. The summed E-state index contributed by atoms with van der Waals surface area (Å²) in [4.78, 5) is 23.8. The Morgan fingerprint density at radius 1 is 0.879 bits per heavy atom.